The molecule has 2 heterocycles. The number of piperidine rings is 1. The molecule has 0 aromatic heterocycles. The second-order valence-electron chi connectivity index (χ2n) is 8.98. The van der Waals surface area contributed by atoms with Crippen LogP contribution in [0.3, 0.4) is 0 Å². The van der Waals surface area contributed by atoms with Gasteiger partial charge in [-0.3, -0.25) is 9.89 Å². The first-order valence-electron chi connectivity index (χ1n) is 11.2. The highest BCUT2D eigenvalue weighted by Gasteiger charge is 2.40. The Kier molecular flexibility index (Phi) is 6.22. The maximum Gasteiger partial charge on any atom is 0.191 e. The Labute approximate surface area is 169 Å². The molecule has 1 aromatic carbocycles. The Morgan fingerprint density at radius 3 is 2.46 bits per heavy atom. The van der Waals surface area contributed by atoms with E-state index in [0.29, 0.717) is 24.7 Å². The predicted molar refractivity (Wildman–Crippen MR) is 114 cm³/mol. The average molecular weight is 385 g/mol. The van der Waals surface area contributed by atoms with Gasteiger partial charge in [-0.1, -0.05) is 43.2 Å². The lowest BCUT2D eigenvalue weighted by Gasteiger charge is -2.39. The van der Waals surface area contributed by atoms with Gasteiger partial charge in [-0.25, -0.2) is 0 Å². The summed E-state index contributed by atoms with van der Waals surface area (Å²) in [7, 11) is 0. The number of hydrogen-bond acceptors (Lipinski definition) is 3. The molecule has 2 saturated heterocycles. The monoisotopic (exact) mass is 384 g/mol. The highest BCUT2D eigenvalue weighted by Crippen LogP contribution is 2.37. The normalized spacial score (nSPS) is 29.8. The molecular formula is C23H36N4O. The van der Waals surface area contributed by atoms with Crippen molar-refractivity contribution >= 4 is 5.96 Å². The van der Waals surface area contributed by atoms with Crippen molar-refractivity contribution in [1.82, 2.24) is 15.5 Å². The van der Waals surface area contributed by atoms with Gasteiger partial charge in [0.15, 0.2) is 5.96 Å². The van der Waals surface area contributed by atoms with Gasteiger partial charge < -0.3 is 15.7 Å². The van der Waals surface area contributed by atoms with E-state index in [9.17, 15) is 5.11 Å². The molecule has 0 spiro atoms. The third-order valence-electron chi connectivity index (χ3n) is 6.84. The number of aliphatic hydroxyl groups is 1. The van der Waals surface area contributed by atoms with Crippen LogP contribution in [-0.4, -0.2) is 52.8 Å². The van der Waals surface area contributed by atoms with Crippen LogP contribution in [-0.2, 0) is 6.54 Å². The van der Waals surface area contributed by atoms with Crippen LogP contribution >= 0.6 is 0 Å². The van der Waals surface area contributed by atoms with Crippen LogP contribution in [0.1, 0.15) is 63.9 Å². The maximum absolute atomic E-state index is 10.6. The number of benzene rings is 1. The van der Waals surface area contributed by atoms with Crippen molar-refractivity contribution in [1.29, 1.82) is 0 Å². The summed E-state index contributed by atoms with van der Waals surface area (Å²) in [5, 5.41) is 17.7. The first kappa shape index (κ1) is 19.7. The van der Waals surface area contributed by atoms with Crippen molar-refractivity contribution < 1.29 is 5.11 Å². The second-order valence-corrected chi connectivity index (χ2v) is 8.98. The van der Waals surface area contributed by atoms with E-state index in [1.807, 2.05) is 0 Å². The SMILES string of the molecule is CCNC(=NCC1(O)CCCC1)NC1CC2CCC(C1)N2Cc1ccccc1. The van der Waals surface area contributed by atoms with Gasteiger partial charge in [0.2, 0.25) is 0 Å². The molecule has 1 aromatic rings. The van der Waals surface area contributed by atoms with Gasteiger partial charge in [-0.15, -0.1) is 0 Å². The first-order valence-corrected chi connectivity index (χ1v) is 11.2. The molecule has 5 nitrogen and oxygen atoms in total. The number of hydrogen-bond donors (Lipinski definition) is 3. The Balaban J connectivity index is 1.35. The molecule has 2 unspecified atom stereocenters. The largest absolute Gasteiger partial charge is 0.388 e. The van der Waals surface area contributed by atoms with E-state index in [1.54, 1.807) is 0 Å². The van der Waals surface area contributed by atoms with E-state index < -0.39 is 5.60 Å². The standard InChI is InChI=1S/C23H36N4O/c1-2-24-22(25-17-23(28)12-6-7-13-23)26-19-14-20-10-11-21(15-19)27(20)16-18-8-4-3-5-9-18/h3-5,8-9,19-21,28H,2,6-7,10-17H2,1H3,(H2,24,25,26). The van der Waals surface area contributed by atoms with Gasteiger partial charge in [0.1, 0.15) is 0 Å². The third-order valence-corrected chi connectivity index (χ3v) is 6.84. The lowest BCUT2D eigenvalue weighted by atomic mass is 9.96. The molecule has 1 saturated carbocycles. The van der Waals surface area contributed by atoms with Gasteiger partial charge in [0.25, 0.3) is 0 Å². The summed E-state index contributed by atoms with van der Waals surface area (Å²) in [6, 6.07) is 12.7. The fourth-order valence-corrected chi connectivity index (χ4v) is 5.38. The van der Waals surface area contributed by atoms with Gasteiger partial charge >= 0.3 is 0 Å². The summed E-state index contributed by atoms with van der Waals surface area (Å²) >= 11 is 0. The van der Waals surface area contributed by atoms with Crippen LogP contribution in [0.5, 0.6) is 0 Å². The Bertz CT molecular complexity index is 642. The van der Waals surface area contributed by atoms with Gasteiger partial charge in [0.05, 0.1) is 12.1 Å². The summed E-state index contributed by atoms with van der Waals surface area (Å²) in [4.78, 5) is 7.47. The maximum atomic E-state index is 10.6. The lowest BCUT2D eigenvalue weighted by molar-refractivity contribution is 0.0573. The van der Waals surface area contributed by atoms with E-state index in [0.717, 1.165) is 44.7 Å². The van der Waals surface area contributed by atoms with Crippen LogP contribution in [0.2, 0.25) is 0 Å². The predicted octanol–water partition coefficient (Wildman–Crippen LogP) is 3.04. The van der Waals surface area contributed by atoms with Gasteiger partial charge in [0, 0.05) is 31.2 Å². The summed E-state index contributed by atoms with van der Waals surface area (Å²) in [5.74, 6) is 0.878. The van der Waals surface area contributed by atoms with E-state index in [2.05, 4.69) is 52.8 Å². The molecule has 0 radical (unpaired) electrons. The molecule has 2 bridgehead atoms. The van der Waals surface area contributed by atoms with E-state index in [4.69, 9.17) is 4.99 Å². The Morgan fingerprint density at radius 2 is 1.82 bits per heavy atom. The summed E-state index contributed by atoms with van der Waals surface area (Å²) in [5.41, 5.74) is 0.839. The molecule has 3 fully saturated rings. The Morgan fingerprint density at radius 1 is 1.14 bits per heavy atom. The number of aliphatic imine (C=N–C) groups is 1. The molecule has 28 heavy (non-hydrogen) atoms. The molecular weight excluding hydrogens is 348 g/mol. The van der Waals surface area contributed by atoms with Crippen molar-refractivity contribution in [3.8, 4) is 0 Å². The van der Waals surface area contributed by atoms with Crippen molar-refractivity contribution in [2.75, 3.05) is 13.1 Å². The molecule has 2 atom stereocenters. The van der Waals surface area contributed by atoms with Gasteiger partial charge in [-0.2, -0.15) is 0 Å². The van der Waals surface area contributed by atoms with Crippen LogP contribution in [0.4, 0.5) is 0 Å². The smallest absolute Gasteiger partial charge is 0.191 e. The minimum atomic E-state index is -0.583. The number of fused-ring (bicyclic) bond motifs is 2. The number of rotatable bonds is 6. The Hall–Kier alpha value is -1.59. The highest BCUT2D eigenvalue weighted by molar-refractivity contribution is 5.80. The van der Waals surface area contributed by atoms with Crippen molar-refractivity contribution in [2.24, 2.45) is 4.99 Å². The summed E-state index contributed by atoms with van der Waals surface area (Å²) < 4.78 is 0. The molecule has 0 amide bonds. The summed E-state index contributed by atoms with van der Waals surface area (Å²) in [6.07, 6.45) is 9.00. The molecule has 2 aliphatic heterocycles. The fourth-order valence-electron chi connectivity index (χ4n) is 5.38. The molecule has 3 aliphatic rings. The number of nitrogens with one attached hydrogen (secondary N) is 2. The van der Waals surface area contributed by atoms with E-state index in [-0.39, 0.29) is 0 Å². The van der Waals surface area contributed by atoms with Crippen molar-refractivity contribution in [2.45, 2.75) is 88.6 Å². The zero-order chi connectivity index (χ0) is 19.4. The zero-order valence-electron chi connectivity index (χ0n) is 17.2. The fraction of sp³-hybridized carbons (Fsp3) is 0.696. The quantitative estimate of drug-likeness (QED) is 0.521. The highest BCUT2D eigenvalue weighted by atomic mass is 16.3. The van der Waals surface area contributed by atoms with Crippen molar-refractivity contribution in [3.05, 3.63) is 35.9 Å². The summed E-state index contributed by atoms with van der Waals surface area (Å²) in [6.45, 7) is 4.55. The molecule has 4 rings (SSSR count). The second kappa shape index (κ2) is 8.83. The number of nitrogens with zero attached hydrogens (tertiary/aromatic N) is 2. The van der Waals surface area contributed by atoms with Crippen LogP contribution in [0.15, 0.2) is 35.3 Å². The van der Waals surface area contributed by atoms with E-state index >= 15 is 0 Å². The van der Waals surface area contributed by atoms with Crippen molar-refractivity contribution in [3.63, 3.8) is 0 Å². The molecule has 3 N–H and O–H groups in total. The lowest BCUT2D eigenvalue weighted by Crippen LogP contribution is -2.52. The van der Waals surface area contributed by atoms with Crippen LogP contribution < -0.4 is 10.6 Å². The van der Waals surface area contributed by atoms with E-state index in [1.165, 1.54) is 31.2 Å². The van der Waals surface area contributed by atoms with Gasteiger partial charge in [-0.05, 0) is 51.0 Å². The van der Waals surface area contributed by atoms with Crippen LogP contribution in [0, 0.1) is 0 Å². The molecule has 154 valence electrons. The first-order chi connectivity index (χ1) is 13.6. The molecule has 5 heteroatoms. The topological polar surface area (TPSA) is 59.9 Å². The minimum Gasteiger partial charge on any atom is -0.388 e. The number of guanidine groups is 1. The third kappa shape index (κ3) is 4.69. The zero-order valence-corrected chi connectivity index (χ0v) is 17.2. The van der Waals surface area contributed by atoms with Crippen LogP contribution in [0.25, 0.3) is 0 Å². The molecule has 1 aliphatic carbocycles. The average Bonchev–Trinajstić information content (AvgIpc) is 3.22. The minimum absolute atomic E-state index is 0.473.